The summed E-state index contributed by atoms with van der Waals surface area (Å²) in [7, 11) is 0. The second-order valence-electron chi connectivity index (χ2n) is 3.89. The maximum Gasteiger partial charge on any atom is 0.303 e. The Morgan fingerprint density at radius 1 is 1.06 bits per heavy atom. The average Bonchev–Trinajstić information content (AvgIpc) is 2.30. The molecule has 1 aromatic rings. The molecule has 0 aromatic heterocycles. The summed E-state index contributed by atoms with van der Waals surface area (Å²) < 4.78 is 0. The number of phenolic OH excluding ortho intramolecular Hbond substituents is 1. The third-order valence-electron chi connectivity index (χ3n) is 2.25. The molecule has 1 aromatic carbocycles. The summed E-state index contributed by atoms with van der Waals surface area (Å²) >= 11 is 0. The number of phenols is 1. The lowest BCUT2D eigenvalue weighted by molar-refractivity contribution is -0.137. The molecule has 0 atom stereocenters. The highest BCUT2D eigenvalue weighted by molar-refractivity contribution is 5.66. The summed E-state index contributed by atoms with van der Waals surface area (Å²) in [5, 5.41) is 16.9. The van der Waals surface area contributed by atoms with Crippen LogP contribution in [0.5, 0.6) is 5.75 Å². The van der Waals surface area contributed by atoms with Crippen molar-refractivity contribution in [1.82, 2.24) is 0 Å². The molecule has 0 aliphatic heterocycles. The Morgan fingerprint density at radius 3 is 2.06 bits per heavy atom. The van der Waals surface area contributed by atoms with Crippen molar-refractivity contribution in [1.29, 1.82) is 0 Å². The number of rotatable bonds is 6. The van der Waals surface area contributed by atoms with Crippen LogP contribution in [0.25, 0.3) is 0 Å². The van der Waals surface area contributed by atoms with Crippen LogP contribution in [-0.2, 0) is 4.79 Å². The van der Waals surface area contributed by atoms with Crippen molar-refractivity contribution in [3.63, 3.8) is 0 Å². The first-order chi connectivity index (χ1) is 8.16. The highest BCUT2D eigenvalue weighted by atomic mass is 16.4. The maximum atomic E-state index is 10.0. The van der Waals surface area contributed by atoms with Gasteiger partial charge in [-0.1, -0.05) is 50.8 Å². The third-order valence-corrected chi connectivity index (χ3v) is 2.25. The summed E-state index contributed by atoms with van der Waals surface area (Å²) in [6, 6.07) is 8.71. The van der Waals surface area contributed by atoms with Crippen molar-refractivity contribution < 1.29 is 15.0 Å². The quantitative estimate of drug-likeness (QED) is 0.741. The van der Waals surface area contributed by atoms with Gasteiger partial charge in [0.05, 0.1) is 0 Å². The van der Waals surface area contributed by atoms with Crippen molar-refractivity contribution in [2.45, 2.75) is 45.4 Å². The predicted molar refractivity (Wildman–Crippen MR) is 69.1 cm³/mol. The van der Waals surface area contributed by atoms with Crippen molar-refractivity contribution in [2.75, 3.05) is 0 Å². The maximum absolute atomic E-state index is 10.0. The van der Waals surface area contributed by atoms with E-state index in [4.69, 9.17) is 10.2 Å². The molecule has 0 aliphatic carbocycles. The Bertz CT molecular complexity index is 283. The second-order valence-corrected chi connectivity index (χ2v) is 3.89. The number of carboxylic acid groups (broad SMARTS) is 1. The van der Waals surface area contributed by atoms with E-state index in [0.29, 0.717) is 12.2 Å². The van der Waals surface area contributed by atoms with Gasteiger partial charge >= 0.3 is 5.97 Å². The first-order valence-corrected chi connectivity index (χ1v) is 6.12. The zero-order valence-corrected chi connectivity index (χ0v) is 10.4. The van der Waals surface area contributed by atoms with Gasteiger partial charge in [0, 0.05) is 6.42 Å². The van der Waals surface area contributed by atoms with Gasteiger partial charge in [0.25, 0.3) is 0 Å². The number of carbonyl (C=O) groups is 1. The van der Waals surface area contributed by atoms with E-state index in [-0.39, 0.29) is 0 Å². The molecule has 0 spiro atoms. The lowest BCUT2D eigenvalue weighted by Crippen LogP contribution is -1.93. The topological polar surface area (TPSA) is 57.5 Å². The van der Waals surface area contributed by atoms with E-state index in [0.717, 1.165) is 12.8 Å². The molecular formula is C14H22O3. The highest BCUT2D eigenvalue weighted by Crippen LogP contribution is 2.04. The van der Waals surface area contributed by atoms with Crippen LogP contribution in [0, 0.1) is 0 Å². The number of hydrogen-bond acceptors (Lipinski definition) is 2. The minimum absolute atomic E-state index is 0.322. The smallest absolute Gasteiger partial charge is 0.303 e. The van der Waals surface area contributed by atoms with Crippen molar-refractivity contribution >= 4 is 5.97 Å². The van der Waals surface area contributed by atoms with Crippen LogP contribution in [0.2, 0.25) is 0 Å². The molecule has 96 valence electrons. The third kappa shape index (κ3) is 12.4. The summed E-state index contributed by atoms with van der Waals surface area (Å²) in [5.74, 6) is -0.348. The fourth-order valence-corrected chi connectivity index (χ4v) is 1.31. The zero-order valence-electron chi connectivity index (χ0n) is 10.4. The molecule has 0 bridgehead atoms. The Kier molecular flexibility index (Phi) is 10.0. The second kappa shape index (κ2) is 11.0. The van der Waals surface area contributed by atoms with E-state index in [1.165, 1.54) is 19.3 Å². The normalized spacial score (nSPS) is 9.24. The molecule has 0 radical (unpaired) electrons. The van der Waals surface area contributed by atoms with Gasteiger partial charge in [-0.25, -0.2) is 0 Å². The van der Waals surface area contributed by atoms with E-state index in [2.05, 4.69) is 6.92 Å². The number of aliphatic carboxylic acids is 1. The Morgan fingerprint density at radius 2 is 1.65 bits per heavy atom. The molecular weight excluding hydrogens is 216 g/mol. The summed E-state index contributed by atoms with van der Waals surface area (Å²) in [6.07, 6.45) is 5.88. The molecule has 0 heterocycles. The lowest BCUT2D eigenvalue weighted by Gasteiger charge is -1.95. The van der Waals surface area contributed by atoms with Gasteiger partial charge < -0.3 is 10.2 Å². The van der Waals surface area contributed by atoms with Crippen LogP contribution in [-0.4, -0.2) is 16.2 Å². The lowest BCUT2D eigenvalue weighted by atomic mass is 10.1. The molecule has 17 heavy (non-hydrogen) atoms. The fraction of sp³-hybridized carbons (Fsp3) is 0.500. The summed E-state index contributed by atoms with van der Waals surface area (Å²) in [4.78, 5) is 10.0. The van der Waals surface area contributed by atoms with Crippen LogP contribution in [0.15, 0.2) is 30.3 Å². The summed E-state index contributed by atoms with van der Waals surface area (Å²) in [6.45, 7) is 2.15. The molecule has 1 rings (SSSR count). The van der Waals surface area contributed by atoms with E-state index in [1.54, 1.807) is 24.3 Å². The Hall–Kier alpha value is -1.51. The van der Waals surface area contributed by atoms with Crippen LogP contribution in [0.4, 0.5) is 0 Å². The molecule has 0 unspecified atom stereocenters. The molecule has 0 saturated heterocycles. The van der Waals surface area contributed by atoms with Gasteiger partial charge in [0.1, 0.15) is 5.75 Å². The van der Waals surface area contributed by atoms with Gasteiger partial charge in [-0.2, -0.15) is 0 Å². The standard InChI is InChI=1S/C8H16O2.C6H6O/c1-2-3-4-5-6-7-8(9)10;7-6-4-2-1-3-5-6/h2-7H2,1H3,(H,9,10);1-5,7H. The number of benzene rings is 1. The van der Waals surface area contributed by atoms with E-state index in [1.807, 2.05) is 6.07 Å². The average molecular weight is 238 g/mol. The molecule has 3 nitrogen and oxygen atoms in total. The largest absolute Gasteiger partial charge is 0.508 e. The first kappa shape index (κ1) is 15.5. The Labute approximate surface area is 103 Å². The minimum Gasteiger partial charge on any atom is -0.508 e. The fourth-order valence-electron chi connectivity index (χ4n) is 1.31. The molecule has 0 aliphatic rings. The van der Waals surface area contributed by atoms with E-state index >= 15 is 0 Å². The zero-order chi connectivity index (χ0) is 12.9. The van der Waals surface area contributed by atoms with E-state index < -0.39 is 5.97 Å². The molecule has 0 saturated carbocycles. The van der Waals surface area contributed by atoms with Gasteiger partial charge in [0.2, 0.25) is 0 Å². The van der Waals surface area contributed by atoms with Crippen LogP contribution in [0.3, 0.4) is 0 Å². The minimum atomic E-state index is -0.670. The van der Waals surface area contributed by atoms with Gasteiger partial charge in [-0.05, 0) is 18.6 Å². The molecule has 0 amide bonds. The SMILES string of the molecule is CCCCCCCC(=O)O.Oc1ccccc1. The number of carboxylic acids is 1. The molecule has 0 fully saturated rings. The van der Waals surface area contributed by atoms with Crippen molar-refractivity contribution in [3.8, 4) is 5.75 Å². The van der Waals surface area contributed by atoms with E-state index in [9.17, 15) is 4.79 Å². The number of hydrogen-bond donors (Lipinski definition) is 2. The highest BCUT2D eigenvalue weighted by Gasteiger charge is 1.94. The summed E-state index contributed by atoms with van der Waals surface area (Å²) in [5.41, 5.74) is 0. The van der Waals surface area contributed by atoms with Gasteiger partial charge in [0.15, 0.2) is 0 Å². The number of para-hydroxylation sites is 1. The number of unbranched alkanes of at least 4 members (excludes halogenated alkanes) is 4. The monoisotopic (exact) mass is 238 g/mol. The van der Waals surface area contributed by atoms with Crippen molar-refractivity contribution in [3.05, 3.63) is 30.3 Å². The van der Waals surface area contributed by atoms with Crippen LogP contribution < -0.4 is 0 Å². The first-order valence-electron chi connectivity index (χ1n) is 6.12. The van der Waals surface area contributed by atoms with Gasteiger partial charge in [-0.15, -0.1) is 0 Å². The molecule has 2 N–H and O–H groups in total. The molecule has 3 heteroatoms. The number of aromatic hydroxyl groups is 1. The van der Waals surface area contributed by atoms with Crippen LogP contribution >= 0.6 is 0 Å². The van der Waals surface area contributed by atoms with Crippen LogP contribution in [0.1, 0.15) is 45.4 Å². The Balaban J connectivity index is 0.000000318. The van der Waals surface area contributed by atoms with Crippen molar-refractivity contribution in [2.24, 2.45) is 0 Å². The predicted octanol–water partition coefficient (Wildman–Crippen LogP) is 3.82. The van der Waals surface area contributed by atoms with Gasteiger partial charge in [-0.3, -0.25) is 4.79 Å².